The highest BCUT2D eigenvalue weighted by Crippen LogP contribution is 2.30. The van der Waals surface area contributed by atoms with Gasteiger partial charge in [0, 0.05) is 29.6 Å². The zero-order chi connectivity index (χ0) is 18.3. The molecule has 0 amide bonds. The van der Waals surface area contributed by atoms with Gasteiger partial charge in [0.2, 0.25) is 10.0 Å². The molecule has 1 N–H and O–H groups in total. The Kier molecular flexibility index (Phi) is 4.30. The zero-order valence-electron chi connectivity index (χ0n) is 14.6. The minimum atomic E-state index is -3.46. The molecule has 0 fully saturated rings. The van der Waals surface area contributed by atoms with Crippen molar-refractivity contribution in [3.05, 3.63) is 59.1 Å². The first-order valence-corrected chi connectivity index (χ1v) is 10.7. The van der Waals surface area contributed by atoms with Crippen LogP contribution in [0, 0.1) is 13.8 Å². The van der Waals surface area contributed by atoms with E-state index in [9.17, 15) is 8.42 Å². The highest BCUT2D eigenvalue weighted by molar-refractivity contribution is 7.91. The van der Waals surface area contributed by atoms with Crippen LogP contribution in [0.25, 0.3) is 21.9 Å². The van der Waals surface area contributed by atoms with E-state index in [0.717, 1.165) is 27.6 Å². The molecule has 0 saturated heterocycles. The summed E-state index contributed by atoms with van der Waals surface area (Å²) in [6, 6.07) is 13.6. The Bertz CT molecular complexity index is 1190. The smallest absolute Gasteiger partial charge is 0.250 e. The summed E-state index contributed by atoms with van der Waals surface area (Å²) in [6.07, 6.45) is 0. The van der Waals surface area contributed by atoms with Crippen molar-refractivity contribution in [2.24, 2.45) is 0 Å². The summed E-state index contributed by atoms with van der Waals surface area (Å²) in [5.74, 6) is 0. The van der Waals surface area contributed by atoms with Gasteiger partial charge < -0.3 is 4.57 Å². The standard InChI is InChI=1S/C19H19N3O2S2/c1-13-12-14(2)21-19-18(13)15-6-3-4-7-16(15)22(19)10-9-20-26(23,24)17-8-5-11-25-17/h3-8,11-12,20H,9-10H2,1-2H3. The summed E-state index contributed by atoms with van der Waals surface area (Å²) in [5, 5.41) is 4.04. The Balaban J connectivity index is 1.72. The number of para-hydroxylation sites is 1. The van der Waals surface area contributed by atoms with Crippen LogP contribution in [0.5, 0.6) is 0 Å². The Labute approximate surface area is 156 Å². The average molecular weight is 386 g/mol. The zero-order valence-corrected chi connectivity index (χ0v) is 16.2. The summed E-state index contributed by atoms with van der Waals surface area (Å²) < 4.78 is 29.8. The molecular formula is C19H19N3O2S2. The first-order chi connectivity index (χ1) is 12.5. The number of rotatable bonds is 5. The van der Waals surface area contributed by atoms with Crippen molar-refractivity contribution in [1.82, 2.24) is 14.3 Å². The van der Waals surface area contributed by atoms with Gasteiger partial charge in [0.1, 0.15) is 9.86 Å². The van der Waals surface area contributed by atoms with Crippen LogP contribution in [-0.4, -0.2) is 24.5 Å². The summed E-state index contributed by atoms with van der Waals surface area (Å²) in [5.41, 5.74) is 4.11. The van der Waals surface area contributed by atoms with Crippen LogP contribution < -0.4 is 4.72 Å². The Hall–Kier alpha value is -2.22. The number of fused-ring (bicyclic) bond motifs is 3. The Morgan fingerprint density at radius 3 is 2.73 bits per heavy atom. The fraction of sp³-hybridized carbons (Fsp3) is 0.211. The average Bonchev–Trinajstić information content (AvgIpc) is 3.22. The molecular weight excluding hydrogens is 366 g/mol. The molecule has 0 aliphatic carbocycles. The van der Waals surface area contributed by atoms with Crippen LogP contribution in [0.1, 0.15) is 11.3 Å². The molecule has 3 aromatic heterocycles. The van der Waals surface area contributed by atoms with E-state index < -0.39 is 10.0 Å². The van der Waals surface area contributed by atoms with E-state index >= 15 is 0 Å². The molecule has 0 aliphatic rings. The van der Waals surface area contributed by atoms with Crippen LogP contribution in [0.15, 0.2) is 52.1 Å². The molecule has 26 heavy (non-hydrogen) atoms. The second-order valence-corrected chi connectivity index (χ2v) is 9.22. The SMILES string of the molecule is Cc1cc(C)c2c3ccccc3n(CCNS(=O)(=O)c3cccs3)c2n1. The lowest BCUT2D eigenvalue weighted by atomic mass is 10.1. The van der Waals surface area contributed by atoms with Crippen molar-refractivity contribution < 1.29 is 8.42 Å². The number of aryl methyl sites for hydroxylation is 2. The molecule has 4 rings (SSSR count). The fourth-order valence-electron chi connectivity index (χ4n) is 3.39. The summed E-state index contributed by atoms with van der Waals surface area (Å²) in [4.78, 5) is 4.73. The number of hydrogen-bond acceptors (Lipinski definition) is 4. The lowest BCUT2D eigenvalue weighted by Crippen LogP contribution is -2.26. The normalized spacial score (nSPS) is 12.2. The third kappa shape index (κ3) is 2.92. The van der Waals surface area contributed by atoms with Gasteiger partial charge in [0.05, 0.1) is 5.52 Å². The van der Waals surface area contributed by atoms with Crippen molar-refractivity contribution in [3.8, 4) is 0 Å². The van der Waals surface area contributed by atoms with Gasteiger partial charge in [-0.1, -0.05) is 24.3 Å². The van der Waals surface area contributed by atoms with Crippen molar-refractivity contribution in [2.45, 2.75) is 24.6 Å². The van der Waals surface area contributed by atoms with E-state index in [0.29, 0.717) is 17.3 Å². The summed E-state index contributed by atoms with van der Waals surface area (Å²) >= 11 is 1.22. The third-order valence-electron chi connectivity index (χ3n) is 4.43. The second kappa shape index (κ2) is 6.50. The number of pyridine rings is 1. The molecule has 0 atom stereocenters. The topological polar surface area (TPSA) is 64.0 Å². The molecule has 3 heterocycles. The molecule has 0 radical (unpaired) electrons. The number of nitrogens with one attached hydrogen (secondary N) is 1. The lowest BCUT2D eigenvalue weighted by molar-refractivity contribution is 0.577. The molecule has 1 aromatic carbocycles. The van der Waals surface area contributed by atoms with E-state index in [4.69, 9.17) is 4.98 Å². The van der Waals surface area contributed by atoms with E-state index in [-0.39, 0.29) is 0 Å². The van der Waals surface area contributed by atoms with Gasteiger partial charge >= 0.3 is 0 Å². The van der Waals surface area contributed by atoms with Gasteiger partial charge in [0.15, 0.2) is 0 Å². The van der Waals surface area contributed by atoms with Gasteiger partial charge in [-0.2, -0.15) is 0 Å². The van der Waals surface area contributed by atoms with Crippen LogP contribution >= 0.6 is 11.3 Å². The number of sulfonamides is 1. The third-order valence-corrected chi connectivity index (χ3v) is 7.29. The monoisotopic (exact) mass is 385 g/mol. The predicted molar refractivity (Wildman–Crippen MR) is 106 cm³/mol. The fourth-order valence-corrected chi connectivity index (χ4v) is 5.44. The van der Waals surface area contributed by atoms with Crippen LogP contribution in [-0.2, 0) is 16.6 Å². The second-order valence-electron chi connectivity index (χ2n) is 6.28. The highest BCUT2D eigenvalue weighted by atomic mass is 32.2. The molecule has 0 aliphatic heterocycles. The largest absolute Gasteiger partial charge is 0.324 e. The minimum absolute atomic E-state index is 0.308. The van der Waals surface area contributed by atoms with Crippen LogP contribution in [0.4, 0.5) is 0 Å². The van der Waals surface area contributed by atoms with Crippen molar-refractivity contribution in [1.29, 1.82) is 0 Å². The van der Waals surface area contributed by atoms with Gasteiger partial charge in [-0.25, -0.2) is 18.1 Å². The van der Waals surface area contributed by atoms with Gasteiger partial charge in [-0.3, -0.25) is 0 Å². The van der Waals surface area contributed by atoms with Crippen molar-refractivity contribution in [2.75, 3.05) is 6.54 Å². The number of thiophene rings is 1. The van der Waals surface area contributed by atoms with E-state index in [1.165, 1.54) is 16.9 Å². The van der Waals surface area contributed by atoms with Crippen molar-refractivity contribution >= 4 is 43.3 Å². The first-order valence-electron chi connectivity index (χ1n) is 8.36. The molecule has 0 spiro atoms. The number of aromatic nitrogens is 2. The van der Waals surface area contributed by atoms with E-state index in [2.05, 4.69) is 34.4 Å². The van der Waals surface area contributed by atoms with Gasteiger partial charge in [-0.15, -0.1) is 11.3 Å². The number of hydrogen-bond donors (Lipinski definition) is 1. The molecule has 134 valence electrons. The minimum Gasteiger partial charge on any atom is -0.324 e. The molecule has 4 aromatic rings. The molecule has 0 unspecified atom stereocenters. The van der Waals surface area contributed by atoms with Gasteiger partial charge in [-0.05, 0) is 43.0 Å². The Morgan fingerprint density at radius 2 is 1.96 bits per heavy atom. The summed E-state index contributed by atoms with van der Waals surface area (Å²) in [7, 11) is -3.46. The molecule has 0 saturated carbocycles. The van der Waals surface area contributed by atoms with Crippen LogP contribution in [0.3, 0.4) is 0 Å². The quantitative estimate of drug-likeness (QED) is 0.568. The highest BCUT2D eigenvalue weighted by Gasteiger charge is 2.17. The summed E-state index contributed by atoms with van der Waals surface area (Å²) in [6.45, 7) is 4.90. The molecule has 5 nitrogen and oxygen atoms in total. The Morgan fingerprint density at radius 1 is 1.15 bits per heavy atom. The lowest BCUT2D eigenvalue weighted by Gasteiger charge is -2.09. The maximum Gasteiger partial charge on any atom is 0.250 e. The molecule has 0 bridgehead atoms. The number of nitrogens with zero attached hydrogens (tertiary/aromatic N) is 2. The maximum absolute atomic E-state index is 12.3. The maximum atomic E-state index is 12.3. The first kappa shape index (κ1) is 17.2. The molecule has 7 heteroatoms. The van der Waals surface area contributed by atoms with Crippen LogP contribution in [0.2, 0.25) is 0 Å². The number of benzene rings is 1. The van der Waals surface area contributed by atoms with E-state index in [1.54, 1.807) is 17.5 Å². The van der Waals surface area contributed by atoms with Gasteiger partial charge in [0.25, 0.3) is 0 Å². The van der Waals surface area contributed by atoms with E-state index in [1.807, 2.05) is 19.1 Å². The predicted octanol–water partition coefficient (Wildman–Crippen LogP) is 3.85. The van der Waals surface area contributed by atoms with Crippen molar-refractivity contribution in [3.63, 3.8) is 0 Å².